The highest BCUT2D eigenvalue weighted by Gasteiger charge is 2.28. The molecule has 3 heterocycles. The Morgan fingerprint density at radius 2 is 1.64 bits per heavy atom. The van der Waals surface area contributed by atoms with Crippen molar-refractivity contribution in [2.75, 3.05) is 16.8 Å². The van der Waals surface area contributed by atoms with Crippen molar-refractivity contribution in [1.82, 2.24) is 4.98 Å². The van der Waals surface area contributed by atoms with E-state index in [4.69, 9.17) is 4.42 Å². The number of pyridine rings is 1. The van der Waals surface area contributed by atoms with Crippen LogP contribution in [-0.2, 0) is 0 Å². The Balaban J connectivity index is 1.82. The summed E-state index contributed by atoms with van der Waals surface area (Å²) in [7, 11) is 2.07. The molecule has 0 N–H and O–H groups in total. The average Bonchev–Trinajstić information content (AvgIpc) is 3.12. The van der Waals surface area contributed by atoms with Crippen LogP contribution in [0.1, 0.15) is 11.3 Å². The molecule has 0 aliphatic carbocycles. The Labute approximate surface area is 146 Å². The van der Waals surface area contributed by atoms with E-state index >= 15 is 0 Å². The third-order valence-electron chi connectivity index (χ3n) is 4.87. The van der Waals surface area contributed by atoms with Gasteiger partial charge in [-0.05, 0) is 43.7 Å². The highest BCUT2D eigenvalue weighted by molar-refractivity contribution is 6.10. The zero-order valence-corrected chi connectivity index (χ0v) is 14.4. The molecule has 1 aliphatic heterocycles. The molecule has 4 nitrogen and oxygen atoms in total. The van der Waals surface area contributed by atoms with Gasteiger partial charge in [-0.2, -0.15) is 0 Å². The summed E-state index contributed by atoms with van der Waals surface area (Å²) in [5.41, 5.74) is 7.13. The zero-order valence-electron chi connectivity index (χ0n) is 14.4. The normalized spacial score (nSPS) is 13.9. The van der Waals surface area contributed by atoms with Crippen molar-refractivity contribution in [2.24, 2.45) is 0 Å². The third-order valence-corrected chi connectivity index (χ3v) is 4.87. The van der Waals surface area contributed by atoms with Gasteiger partial charge in [0.25, 0.3) is 0 Å². The summed E-state index contributed by atoms with van der Waals surface area (Å²) in [5.74, 6) is 0. The number of anilines is 3. The third kappa shape index (κ3) is 1.97. The topological polar surface area (TPSA) is 32.5 Å². The Hall–Kier alpha value is -3.01. The summed E-state index contributed by atoms with van der Waals surface area (Å²) in [5, 5.41) is 2.16. The van der Waals surface area contributed by atoms with Crippen molar-refractivity contribution in [1.29, 1.82) is 0 Å². The summed E-state index contributed by atoms with van der Waals surface area (Å²) >= 11 is 0. The van der Waals surface area contributed by atoms with Crippen LogP contribution in [0.4, 0.5) is 17.1 Å². The van der Waals surface area contributed by atoms with E-state index in [0.29, 0.717) is 5.71 Å². The first-order chi connectivity index (χ1) is 12.1. The van der Waals surface area contributed by atoms with Crippen molar-refractivity contribution in [2.45, 2.75) is 13.8 Å². The highest BCUT2D eigenvalue weighted by atomic mass is 16.3. The molecule has 0 saturated carbocycles. The maximum absolute atomic E-state index is 6.22. The number of aromatic nitrogens is 1. The van der Waals surface area contributed by atoms with E-state index in [1.165, 1.54) is 11.3 Å². The van der Waals surface area contributed by atoms with Crippen LogP contribution in [0.15, 0.2) is 52.9 Å². The van der Waals surface area contributed by atoms with Crippen LogP contribution < -0.4 is 9.80 Å². The van der Waals surface area contributed by atoms with E-state index in [0.717, 1.165) is 33.4 Å². The highest BCUT2D eigenvalue weighted by Crippen LogP contribution is 2.46. The number of furan rings is 1. The molecule has 1 radical (unpaired) electrons. The minimum atomic E-state index is 0.697. The number of fused-ring (bicyclic) bond motifs is 4. The summed E-state index contributed by atoms with van der Waals surface area (Å²) in [6.07, 6.45) is 0. The van der Waals surface area contributed by atoms with Gasteiger partial charge in [0, 0.05) is 23.5 Å². The maximum Gasteiger partial charge on any atom is 0.227 e. The molecule has 5 rings (SSSR count). The molecule has 1 aliphatic rings. The van der Waals surface area contributed by atoms with E-state index in [-0.39, 0.29) is 0 Å². The van der Waals surface area contributed by atoms with Gasteiger partial charge in [0.05, 0.1) is 17.1 Å². The van der Waals surface area contributed by atoms with Gasteiger partial charge in [-0.3, -0.25) is 0 Å². The standard InChI is InChI=1S/C21H18N3O/c1-13-8-10-15-16-11-9-14(2)22-21(16)25-20(15)19(13)24-12-23(3)17-6-4-5-7-18(17)24/h4-12H,1-3H3. The van der Waals surface area contributed by atoms with Gasteiger partial charge in [0.2, 0.25) is 5.71 Å². The first-order valence-corrected chi connectivity index (χ1v) is 8.39. The number of hydrogen-bond donors (Lipinski definition) is 0. The van der Waals surface area contributed by atoms with Gasteiger partial charge < -0.3 is 14.2 Å². The number of hydrogen-bond acceptors (Lipinski definition) is 4. The zero-order chi connectivity index (χ0) is 17.1. The van der Waals surface area contributed by atoms with Crippen molar-refractivity contribution < 1.29 is 4.42 Å². The smallest absolute Gasteiger partial charge is 0.227 e. The van der Waals surface area contributed by atoms with E-state index in [1.54, 1.807) is 0 Å². The van der Waals surface area contributed by atoms with Crippen molar-refractivity contribution in [3.63, 3.8) is 0 Å². The van der Waals surface area contributed by atoms with Gasteiger partial charge in [-0.25, -0.2) is 4.98 Å². The van der Waals surface area contributed by atoms with Gasteiger partial charge in [-0.15, -0.1) is 0 Å². The minimum Gasteiger partial charge on any atom is -0.435 e. The molecule has 0 fully saturated rings. The monoisotopic (exact) mass is 328 g/mol. The van der Waals surface area contributed by atoms with Crippen LogP contribution in [0, 0.1) is 20.5 Å². The van der Waals surface area contributed by atoms with Gasteiger partial charge in [0.15, 0.2) is 5.58 Å². The number of benzene rings is 2. The molecule has 0 amide bonds. The quantitative estimate of drug-likeness (QED) is 0.474. The van der Waals surface area contributed by atoms with E-state index < -0.39 is 0 Å². The lowest BCUT2D eigenvalue weighted by atomic mass is 10.1. The molecule has 0 bridgehead atoms. The first-order valence-electron chi connectivity index (χ1n) is 8.39. The molecule has 4 aromatic rings. The summed E-state index contributed by atoms with van der Waals surface area (Å²) < 4.78 is 6.22. The number of rotatable bonds is 1. The minimum absolute atomic E-state index is 0.697. The average molecular weight is 328 g/mol. The lowest BCUT2D eigenvalue weighted by Crippen LogP contribution is -2.18. The molecule has 2 aromatic heterocycles. The molecule has 0 spiro atoms. The second-order valence-electron chi connectivity index (χ2n) is 6.60. The molecule has 0 saturated heterocycles. The molecule has 4 heteroatoms. The Morgan fingerprint density at radius 3 is 2.48 bits per heavy atom. The molecular weight excluding hydrogens is 310 g/mol. The van der Waals surface area contributed by atoms with Crippen LogP contribution in [0.3, 0.4) is 0 Å². The lowest BCUT2D eigenvalue weighted by molar-refractivity contribution is 0.652. The molecule has 25 heavy (non-hydrogen) atoms. The van der Waals surface area contributed by atoms with E-state index in [2.05, 4.69) is 77.9 Å². The fraction of sp³-hybridized carbons (Fsp3) is 0.143. The predicted molar refractivity (Wildman–Crippen MR) is 102 cm³/mol. The van der Waals surface area contributed by atoms with Gasteiger partial charge in [0.1, 0.15) is 6.67 Å². The predicted octanol–water partition coefficient (Wildman–Crippen LogP) is 5.31. The fourth-order valence-electron chi connectivity index (χ4n) is 3.64. The van der Waals surface area contributed by atoms with Crippen molar-refractivity contribution in [3.05, 3.63) is 66.5 Å². The van der Waals surface area contributed by atoms with Crippen LogP contribution in [-0.4, -0.2) is 12.0 Å². The van der Waals surface area contributed by atoms with Gasteiger partial charge in [-0.1, -0.05) is 24.3 Å². The molecular formula is C21H18N3O. The summed E-state index contributed by atoms with van der Waals surface area (Å²) in [6.45, 7) is 6.21. The molecule has 2 aromatic carbocycles. The van der Waals surface area contributed by atoms with E-state index in [1.807, 2.05) is 13.0 Å². The second-order valence-corrected chi connectivity index (χ2v) is 6.60. The molecule has 0 atom stereocenters. The van der Waals surface area contributed by atoms with E-state index in [9.17, 15) is 0 Å². The van der Waals surface area contributed by atoms with Crippen LogP contribution >= 0.6 is 0 Å². The van der Waals surface area contributed by atoms with Crippen LogP contribution in [0.2, 0.25) is 0 Å². The first kappa shape index (κ1) is 14.3. The fourth-order valence-corrected chi connectivity index (χ4v) is 3.64. The Bertz CT molecular complexity index is 1130. The van der Waals surface area contributed by atoms with Crippen molar-refractivity contribution >= 4 is 39.1 Å². The maximum atomic E-state index is 6.22. The Morgan fingerprint density at radius 1 is 0.880 bits per heavy atom. The summed E-state index contributed by atoms with van der Waals surface area (Å²) in [6, 6.07) is 16.8. The molecule has 123 valence electrons. The SMILES string of the molecule is Cc1ccc2c(n1)oc1c(N3[CH]N(C)c4ccccc43)c(C)ccc12. The van der Waals surface area contributed by atoms with Gasteiger partial charge >= 0.3 is 0 Å². The van der Waals surface area contributed by atoms with Crippen LogP contribution in [0.5, 0.6) is 0 Å². The lowest BCUT2D eigenvalue weighted by Gasteiger charge is -2.20. The number of aryl methyl sites for hydroxylation is 2. The van der Waals surface area contributed by atoms with Crippen molar-refractivity contribution in [3.8, 4) is 0 Å². The number of para-hydroxylation sites is 2. The summed E-state index contributed by atoms with van der Waals surface area (Å²) in [4.78, 5) is 8.91. The Kier molecular flexibility index (Phi) is 2.86. The molecule has 0 unspecified atom stereocenters. The largest absolute Gasteiger partial charge is 0.435 e. The van der Waals surface area contributed by atoms with Crippen LogP contribution in [0.25, 0.3) is 22.1 Å². The number of nitrogens with zero attached hydrogens (tertiary/aromatic N) is 3. The second kappa shape index (κ2) is 4.99.